The zero-order valence-electron chi connectivity index (χ0n) is 8.16. The van der Waals surface area contributed by atoms with E-state index in [1.165, 1.54) is 22.6 Å². The maximum Gasteiger partial charge on any atom is 0.574 e. The first kappa shape index (κ1) is 15.2. The van der Waals surface area contributed by atoms with Crippen molar-refractivity contribution in [2.24, 2.45) is 0 Å². The summed E-state index contributed by atoms with van der Waals surface area (Å²) < 4.78 is 88.2. The lowest BCUT2D eigenvalue weighted by Gasteiger charge is -2.14. The van der Waals surface area contributed by atoms with E-state index in [2.05, 4.69) is 9.72 Å². The first-order valence-electron chi connectivity index (χ1n) is 4.13. The molecule has 0 unspecified atom stereocenters. The Kier molecular flexibility index (Phi) is 4.28. The third-order valence-electron chi connectivity index (χ3n) is 1.67. The number of hydrogen-bond acceptors (Lipinski definition) is 2. The molecule has 1 heterocycles. The molecule has 0 aliphatic heterocycles. The fraction of sp³-hybridized carbons (Fsp3) is 0.375. The van der Waals surface area contributed by atoms with Gasteiger partial charge < -0.3 is 4.74 Å². The van der Waals surface area contributed by atoms with Gasteiger partial charge in [-0.15, -0.1) is 13.2 Å². The molecule has 1 aromatic heterocycles. The highest BCUT2D eigenvalue weighted by Gasteiger charge is 2.37. The van der Waals surface area contributed by atoms with Gasteiger partial charge in [0.2, 0.25) is 5.88 Å². The van der Waals surface area contributed by atoms with Crippen molar-refractivity contribution in [1.82, 2.24) is 4.98 Å². The van der Waals surface area contributed by atoms with Crippen molar-refractivity contribution >= 4 is 22.6 Å². The van der Waals surface area contributed by atoms with E-state index >= 15 is 0 Å². The maximum atomic E-state index is 12.4. The van der Waals surface area contributed by atoms with Gasteiger partial charge in [0.25, 0.3) is 0 Å². The molecule has 1 rings (SSSR count). The number of pyridine rings is 1. The Balaban J connectivity index is 3.27. The lowest BCUT2D eigenvalue weighted by molar-refractivity contribution is -0.276. The zero-order valence-corrected chi connectivity index (χ0v) is 10.3. The third kappa shape index (κ3) is 3.85. The molecular formula is C8H3F7INO. The predicted octanol–water partition coefficient (Wildman–Crippen LogP) is 4.07. The van der Waals surface area contributed by atoms with Crippen LogP contribution in [-0.4, -0.2) is 11.3 Å². The minimum Gasteiger partial charge on any atom is -0.387 e. The van der Waals surface area contributed by atoms with Gasteiger partial charge in [0, 0.05) is 0 Å². The fourth-order valence-corrected chi connectivity index (χ4v) is 1.58. The highest BCUT2D eigenvalue weighted by Crippen LogP contribution is 2.36. The normalized spacial score (nSPS) is 12.7. The second kappa shape index (κ2) is 5.05. The molecule has 10 heteroatoms. The van der Waals surface area contributed by atoms with Crippen LogP contribution in [0, 0.1) is 3.57 Å². The van der Waals surface area contributed by atoms with E-state index in [0.29, 0.717) is 6.07 Å². The van der Waals surface area contributed by atoms with Gasteiger partial charge >= 0.3 is 12.5 Å². The fourth-order valence-electron chi connectivity index (χ4n) is 1.04. The molecule has 102 valence electrons. The summed E-state index contributed by atoms with van der Waals surface area (Å²) in [7, 11) is 0. The van der Waals surface area contributed by atoms with Crippen molar-refractivity contribution < 1.29 is 35.5 Å². The molecule has 0 atom stereocenters. The summed E-state index contributed by atoms with van der Waals surface area (Å²) in [5.74, 6) is -1.11. The Hall–Kier alpha value is -0.810. The summed E-state index contributed by atoms with van der Waals surface area (Å²) in [6, 6.07) is 0.351. The number of nitrogens with zero attached hydrogens (tertiary/aromatic N) is 1. The molecule has 0 aromatic carbocycles. The molecule has 0 amide bonds. The average Bonchev–Trinajstić information content (AvgIpc) is 2.17. The number of halogens is 8. The first-order valence-corrected chi connectivity index (χ1v) is 5.21. The summed E-state index contributed by atoms with van der Waals surface area (Å²) in [6.45, 7) is -1.65. The highest BCUT2D eigenvalue weighted by atomic mass is 127. The van der Waals surface area contributed by atoms with Crippen LogP contribution in [0.25, 0.3) is 0 Å². The van der Waals surface area contributed by atoms with E-state index < -0.39 is 39.9 Å². The van der Waals surface area contributed by atoms with Gasteiger partial charge in [-0.25, -0.2) is 9.37 Å². The van der Waals surface area contributed by atoms with Gasteiger partial charge in [-0.1, -0.05) is 0 Å². The Morgan fingerprint density at radius 1 is 1.17 bits per heavy atom. The van der Waals surface area contributed by atoms with Crippen molar-refractivity contribution in [3.8, 4) is 5.88 Å². The third-order valence-corrected chi connectivity index (χ3v) is 2.44. The average molecular weight is 389 g/mol. The van der Waals surface area contributed by atoms with Crippen LogP contribution in [0.4, 0.5) is 30.7 Å². The first-order chi connectivity index (χ1) is 8.04. The van der Waals surface area contributed by atoms with Crippen molar-refractivity contribution in [2.75, 3.05) is 0 Å². The minimum absolute atomic E-state index is 0.351. The quantitative estimate of drug-likeness (QED) is 0.562. The molecule has 0 aliphatic carbocycles. The molecule has 1 aromatic rings. The summed E-state index contributed by atoms with van der Waals surface area (Å²) in [6.07, 6.45) is -10.0. The van der Waals surface area contributed by atoms with E-state index in [0.717, 1.165) is 0 Å². The van der Waals surface area contributed by atoms with E-state index in [4.69, 9.17) is 0 Å². The molecule has 0 aliphatic rings. The Labute approximate surface area is 109 Å². The lowest BCUT2D eigenvalue weighted by Crippen LogP contribution is -2.20. The van der Waals surface area contributed by atoms with Gasteiger partial charge in [-0.05, 0) is 28.7 Å². The summed E-state index contributed by atoms with van der Waals surface area (Å²) in [4.78, 5) is 2.90. The summed E-state index contributed by atoms with van der Waals surface area (Å²) >= 11 is 1.19. The molecule has 2 nitrogen and oxygen atoms in total. The van der Waals surface area contributed by atoms with Crippen LogP contribution in [0.5, 0.6) is 5.88 Å². The Morgan fingerprint density at radius 2 is 1.72 bits per heavy atom. The number of ether oxygens (including phenoxy) is 1. The van der Waals surface area contributed by atoms with Crippen LogP contribution in [0.2, 0.25) is 0 Å². The number of alkyl halides is 7. The summed E-state index contributed by atoms with van der Waals surface area (Å²) in [5.41, 5.74) is -2.58. The summed E-state index contributed by atoms with van der Waals surface area (Å²) in [5, 5.41) is 0. The molecule has 0 bridgehead atoms. The largest absolute Gasteiger partial charge is 0.574 e. The van der Waals surface area contributed by atoms with Crippen molar-refractivity contribution in [3.63, 3.8) is 0 Å². The van der Waals surface area contributed by atoms with Crippen LogP contribution < -0.4 is 4.74 Å². The van der Waals surface area contributed by atoms with E-state index in [1.807, 2.05) is 0 Å². The lowest BCUT2D eigenvalue weighted by atomic mass is 10.2. The standard InChI is InChI=1S/C8H3F7INO/c9-2-5-3(7(10,11)12)1-4(16)6(17-5)18-8(13,14)15/h1H,2H2. The van der Waals surface area contributed by atoms with Crippen LogP contribution in [-0.2, 0) is 12.9 Å². The topological polar surface area (TPSA) is 22.1 Å². The maximum absolute atomic E-state index is 12.4. The number of hydrogen-bond donors (Lipinski definition) is 0. The van der Waals surface area contributed by atoms with Gasteiger partial charge in [-0.3, -0.25) is 0 Å². The van der Waals surface area contributed by atoms with Gasteiger partial charge in [0.05, 0.1) is 14.8 Å². The smallest absolute Gasteiger partial charge is 0.387 e. The molecule has 18 heavy (non-hydrogen) atoms. The van der Waals surface area contributed by atoms with Gasteiger partial charge in [-0.2, -0.15) is 13.2 Å². The molecule has 0 saturated heterocycles. The van der Waals surface area contributed by atoms with Crippen molar-refractivity contribution in [3.05, 3.63) is 20.9 Å². The van der Waals surface area contributed by atoms with E-state index in [1.54, 1.807) is 0 Å². The monoisotopic (exact) mass is 389 g/mol. The van der Waals surface area contributed by atoms with Crippen LogP contribution in [0.1, 0.15) is 11.3 Å². The van der Waals surface area contributed by atoms with Crippen LogP contribution in [0.3, 0.4) is 0 Å². The molecule has 0 spiro atoms. The van der Waals surface area contributed by atoms with Crippen LogP contribution in [0.15, 0.2) is 6.07 Å². The Bertz CT molecular complexity index is 442. The van der Waals surface area contributed by atoms with E-state index in [9.17, 15) is 30.7 Å². The zero-order chi connectivity index (χ0) is 14.1. The van der Waals surface area contributed by atoms with E-state index in [-0.39, 0.29) is 0 Å². The predicted molar refractivity (Wildman–Crippen MR) is 53.5 cm³/mol. The molecule has 0 radical (unpaired) electrons. The molecule has 0 N–H and O–H groups in total. The second-order valence-electron chi connectivity index (χ2n) is 2.95. The van der Waals surface area contributed by atoms with Gasteiger partial charge in [0.1, 0.15) is 6.67 Å². The molecule has 0 fully saturated rings. The minimum atomic E-state index is -5.11. The van der Waals surface area contributed by atoms with Gasteiger partial charge in [0.15, 0.2) is 0 Å². The number of rotatable bonds is 2. The highest BCUT2D eigenvalue weighted by molar-refractivity contribution is 14.1. The Morgan fingerprint density at radius 3 is 2.11 bits per heavy atom. The molecular weight excluding hydrogens is 386 g/mol. The van der Waals surface area contributed by atoms with Crippen LogP contribution >= 0.6 is 22.6 Å². The second-order valence-corrected chi connectivity index (χ2v) is 4.11. The van der Waals surface area contributed by atoms with Crippen molar-refractivity contribution in [2.45, 2.75) is 19.2 Å². The number of aromatic nitrogens is 1. The SMILES string of the molecule is FCc1nc(OC(F)(F)F)c(I)cc1C(F)(F)F. The molecule has 0 saturated carbocycles. The van der Waals surface area contributed by atoms with Crippen molar-refractivity contribution in [1.29, 1.82) is 0 Å².